The molecule has 0 aliphatic carbocycles. The summed E-state index contributed by atoms with van der Waals surface area (Å²) in [6.07, 6.45) is 6.69. The molecule has 0 bridgehead atoms. The van der Waals surface area contributed by atoms with Gasteiger partial charge in [-0.3, -0.25) is 9.59 Å². The van der Waals surface area contributed by atoms with Gasteiger partial charge in [-0.05, 0) is 68.8 Å². The number of nitrogens with zero attached hydrogens (tertiary/aromatic N) is 1. The number of carbonyl (C=O) groups excluding carboxylic acids is 2. The van der Waals surface area contributed by atoms with Crippen LogP contribution in [0.3, 0.4) is 0 Å². The van der Waals surface area contributed by atoms with Gasteiger partial charge in [-0.25, -0.2) is 0 Å². The van der Waals surface area contributed by atoms with E-state index in [1.165, 1.54) is 0 Å². The highest BCUT2D eigenvalue weighted by Crippen LogP contribution is 2.21. The topological polar surface area (TPSA) is 75.4 Å². The Morgan fingerprint density at radius 1 is 1.15 bits per heavy atom. The van der Waals surface area contributed by atoms with E-state index < -0.39 is 0 Å². The maximum atomic E-state index is 12.6. The first-order valence-electron chi connectivity index (χ1n) is 9.91. The van der Waals surface area contributed by atoms with Crippen molar-refractivity contribution in [2.24, 2.45) is 11.7 Å². The number of amides is 2. The van der Waals surface area contributed by atoms with Crippen molar-refractivity contribution in [3.8, 4) is 0 Å². The molecule has 0 spiro atoms. The number of likely N-dealkylation sites (tertiary alicyclic amines) is 1. The van der Waals surface area contributed by atoms with Crippen molar-refractivity contribution >= 4 is 29.9 Å². The van der Waals surface area contributed by atoms with Gasteiger partial charge in [0.1, 0.15) is 0 Å². The van der Waals surface area contributed by atoms with Crippen LogP contribution in [0, 0.1) is 12.8 Å². The highest BCUT2D eigenvalue weighted by Gasteiger charge is 2.21. The monoisotopic (exact) mass is 395 g/mol. The van der Waals surface area contributed by atoms with Crippen LogP contribution in [0.2, 0.25) is 0 Å². The zero-order chi connectivity index (χ0) is 18.9. The lowest BCUT2D eigenvalue weighted by atomic mass is 9.98. The molecule has 1 aromatic carbocycles. The summed E-state index contributed by atoms with van der Waals surface area (Å²) in [6.45, 7) is 6.56. The minimum atomic E-state index is 0. The summed E-state index contributed by atoms with van der Waals surface area (Å²) in [6, 6.07) is 5.56. The molecule has 152 valence electrons. The minimum absolute atomic E-state index is 0. The molecule has 0 radical (unpaired) electrons. The fourth-order valence-electron chi connectivity index (χ4n) is 3.33. The van der Waals surface area contributed by atoms with Crippen LogP contribution in [-0.2, 0) is 4.79 Å². The number of anilines is 1. The van der Waals surface area contributed by atoms with Crippen LogP contribution in [0.15, 0.2) is 18.2 Å². The van der Waals surface area contributed by atoms with Gasteiger partial charge in [-0.2, -0.15) is 0 Å². The van der Waals surface area contributed by atoms with Gasteiger partial charge in [0, 0.05) is 30.8 Å². The van der Waals surface area contributed by atoms with Crippen LogP contribution in [0.5, 0.6) is 0 Å². The van der Waals surface area contributed by atoms with Crippen molar-refractivity contribution in [2.75, 3.05) is 25.0 Å². The molecule has 1 aliphatic rings. The maximum Gasteiger partial charge on any atom is 0.253 e. The molecule has 1 fully saturated rings. The standard InChI is InChI=1S/C21H33N3O2.ClH/c1-16-10-13-24(14-11-16)21(26)18-8-9-19(17(2)15-18)23-20(25)7-5-3-4-6-12-22;/h8-9,15-16H,3-7,10-14,22H2,1-2H3,(H,23,25);1H. The minimum Gasteiger partial charge on any atom is -0.339 e. The average molecular weight is 396 g/mol. The van der Waals surface area contributed by atoms with E-state index >= 15 is 0 Å². The predicted octanol–water partition coefficient (Wildman–Crippen LogP) is 4.14. The summed E-state index contributed by atoms with van der Waals surface area (Å²) in [5.74, 6) is 0.830. The fourth-order valence-corrected chi connectivity index (χ4v) is 3.33. The van der Waals surface area contributed by atoms with Crippen LogP contribution < -0.4 is 11.1 Å². The fraction of sp³-hybridized carbons (Fsp3) is 0.619. The smallest absolute Gasteiger partial charge is 0.253 e. The quantitative estimate of drug-likeness (QED) is 0.649. The van der Waals surface area contributed by atoms with Gasteiger partial charge in [0.25, 0.3) is 5.91 Å². The van der Waals surface area contributed by atoms with E-state index in [9.17, 15) is 9.59 Å². The number of hydrogen-bond acceptors (Lipinski definition) is 3. The molecule has 0 saturated carbocycles. The SMILES string of the molecule is Cc1cc(C(=O)N2CCC(C)CC2)ccc1NC(=O)CCCCCCN.Cl. The van der Waals surface area contributed by atoms with Crippen molar-refractivity contribution in [1.82, 2.24) is 4.90 Å². The van der Waals surface area contributed by atoms with Crippen LogP contribution in [0.4, 0.5) is 5.69 Å². The molecule has 2 amide bonds. The summed E-state index contributed by atoms with van der Waals surface area (Å²) in [7, 11) is 0. The Hall–Kier alpha value is -1.59. The van der Waals surface area contributed by atoms with Gasteiger partial charge in [-0.15, -0.1) is 12.4 Å². The van der Waals surface area contributed by atoms with E-state index in [4.69, 9.17) is 5.73 Å². The van der Waals surface area contributed by atoms with Gasteiger partial charge in [-0.1, -0.05) is 19.8 Å². The molecule has 2 rings (SSSR count). The van der Waals surface area contributed by atoms with Crippen molar-refractivity contribution in [3.05, 3.63) is 29.3 Å². The van der Waals surface area contributed by atoms with Crippen molar-refractivity contribution in [1.29, 1.82) is 0 Å². The van der Waals surface area contributed by atoms with Gasteiger partial charge < -0.3 is 16.0 Å². The van der Waals surface area contributed by atoms with Crippen LogP contribution in [0.25, 0.3) is 0 Å². The molecule has 1 heterocycles. The van der Waals surface area contributed by atoms with E-state index in [2.05, 4.69) is 12.2 Å². The first-order valence-corrected chi connectivity index (χ1v) is 9.91. The summed E-state index contributed by atoms with van der Waals surface area (Å²) in [5, 5.41) is 2.96. The Kier molecular flexibility index (Phi) is 10.4. The molecule has 27 heavy (non-hydrogen) atoms. The Bertz CT molecular complexity index is 613. The highest BCUT2D eigenvalue weighted by atomic mass is 35.5. The molecule has 0 aromatic heterocycles. The second-order valence-electron chi connectivity index (χ2n) is 7.51. The molecule has 0 atom stereocenters. The third-order valence-electron chi connectivity index (χ3n) is 5.18. The van der Waals surface area contributed by atoms with Gasteiger partial charge >= 0.3 is 0 Å². The van der Waals surface area contributed by atoms with E-state index in [-0.39, 0.29) is 24.2 Å². The van der Waals surface area contributed by atoms with E-state index in [0.717, 1.165) is 62.9 Å². The Labute approximate surface area is 169 Å². The molecule has 1 saturated heterocycles. The summed E-state index contributed by atoms with van der Waals surface area (Å²) >= 11 is 0. The molecule has 5 nitrogen and oxygen atoms in total. The van der Waals surface area contributed by atoms with Crippen LogP contribution in [0.1, 0.15) is 67.8 Å². The first-order chi connectivity index (χ1) is 12.5. The highest BCUT2D eigenvalue weighted by molar-refractivity contribution is 5.96. The van der Waals surface area contributed by atoms with Gasteiger partial charge in [0.05, 0.1) is 0 Å². The molecular formula is C21H34ClN3O2. The lowest BCUT2D eigenvalue weighted by Gasteiger charge is -2.30. The summed E-state index contributed by atoms with van der Waals surface area (Å²) < 4.78 is 0. The number of aryl methyl sites for hydroxylation is 1. The van der Waals surface area contributed by atoms with Crippen LogP contribution in [-0.4, -0.2) is 36.3 Å². The van der Waals surface area contributed by atoms with Gasteiger partial charge in [0.15, 0.2) is 0 Å². The molecule has 6 heteroatoms. The van der Waals surface area contributed by atoms with Crippen molar-refractivity contribution in [2.45, 2.75) is 58.8 Å². The van der Waals surface area contributed by atoms with Crippen molar-refractivity contribution in [3.63, 3.8) is 0 Å². The van der Waals surface area contributed by atoms with Crippen LogP contribution >= 0.6 is 12.4 Å². The number of piperidine rings is 1. The zero-order valence-corrected chi connectivity index (χ0v) is 17.4. The first kappa shape index (κ1) is 23.4. The summed E-state index contributed by atoms with van der Waals surface area (Å²) in [5.41, 5.74) is 7.90. The Morgan fingerprint density at radius 3 is 2.44 bits per heavy atom. The molecule has 1 aromatic rings. The van der Waals surface area contributed by atoms with E-state index in [0.29, 0.717) is 24.4 Å². The second-order valence-corrected chi connectivity index (χ2v) is 7.51. The normalized spacial score (nSPS) is 14.6. The molecular weight excluding hydrogens is 362 g/mol. The molecule has 0 unspecified atom stereocenters. The summed E-state index contributed by atoms with van der Waals surface area (Å²) in [4.78, 5) is 26.7. The predicted molar refractivity (Wildman–Crippen MR) is 113 cm³/mol. The zero-order valence-electron chi connectivity index (χ0n) is 16.6. The number of benzene rings is 1. The van der Waals surface area contributed by atoms with E-state index in [1.54, 1.807) is 0 Å². The lowest BCUT2D eigenvalue weighted by molar-refractivity contribution is -0.116. The number of rotatable bonds is 8. The number of halogens is 1. The number of nitrogens with one attached hydrogen (secondary N) is 1. The maximum absolute atomic E-state index is 12.6. The molecule has 3 N–H and O–H groups in total. The third kappa shape index (κ3) is 7.51. The Morgan fingerprint density at radius 2 is 1.81 bits per heavy atom. The lowest BCUT2D eigenvalue weighted by Crippen LogP contribution is -2.37. The van der Waals surface area contributed by atoms with E-state index in [1.807, 2.05) is 30.0 Å². The third-order valence-corrected chi connectivity index (χ3v) is 5.18. The van der Waals surface area contributed by atoms with Gasteiger partial charge in [0.2, 0.25) is 5.91 Å². The second kappa shape index (κ2) is 12.0. The molecule has 1 aliphatic heterocycles. The largest absolute Gasteiger partial charge is 0.339 e. The number of unbranched alkanes of at least 4 members (excludes halogenated alkanes) is 3. The number of carbonyl (C=O) groups is 2. The Balaban J connectivity index is 0.00000364. The average Bonchev–Trinajstić information content (AvgIpc) is 2.63. The van der Waals surface area contributed by atoms with Crippen molar-refractivity contribution < 1.29 is 9.59 Å². The number of nitrogens with two attached hydrogens (primary N) is 1. The number of hydrogen-bond donors (Lipinski definition) is 2.